The summed E-state index contributed by atoms with van der Waals surface area (Å²) in [7, 11) is 0. The van der Waals surface area contributed by atoms with Gasteiger partial charge in [-0.1, -0.05) is 28.1 Å². The second kappa shape index (κ2) is 10.1. The highest BCUT2D eigenvalue weighted by Crippen LogP contribution is 2.14. The van der Waals surface area contributed by atoms with Gasteiger partial charge in [-0.15, -0.1) is 0 Å². The summed E-state index contributed by atoms with van der Waals surface area (Å²) in [4.78, 5) is 35.6. The van der Waals surface area contributed by atoms with Crippen molar-refractivity contribution in [1.29, 1.82) is 0 Å². The van der Waals surface area contributed by atoms with Gasteiger partial charge >= 0.3 is 6.09 Å². The number of nitrogens with one attached hydrogen (secondary N) is 3. The topological polar surface area (TPSA) is 96.5 Å². The highest BCUT2D eigenvalue weighted by atomic mass is 79.9. The number of ether oxygens (including phenoxy) is 1. The average Bonchev–Trinajstić information content (AvgIpc) is 2.65. The molecule has 0 aromatic heterocycles. The molecule has 2 aromatic rings. The van der Waals surface area contributed by atoms with Crippen molar-refractivity contribution in [1.82, 2.24) is 10.6 Å². The maximum Gasteiger partial charge on any atom is 0.408 e. The van der Waals surface area contributed by atoms with Crippen molar-refractivity contribution in [2.45, 2.75) is 32.9 Å². The Morgan fingerprint density at radius 2 is 1.55 bits per heavy atom. The van der Waals surface area contributed by atoms with Crippen LogP contribution < -0.4 is 16.0 Å². The van der Waals surface area contributed by atoms with Gasteiger partial charge in [0.15, 0.2) is 0 Å². The largest absolute Gasteiger partial charge is 0.444 e. The number of carbonyl (C=O) groups excluding carboxylic acids is 3. The van der Waals surface area contributed by atoms with E-state index in [1.54, 1.807) is 69.3 Å². The summed E-state index contributed by atoms with van der Waals surface area (Å²) < 4.78 is 5.97. The minimum absolute atomic E-state index is 0.170. The molecule has 3 N–H and O–H groups in total. The summed E-state index contributed by atoms with van der Waals surface area (Å²) in [6.45, 7) is 5.37. The van der Waals surface area contributed by atoms with Crippen molar-refractivity contribution >= 4 is 39.5 Å². The van der Waals surface area contributed by atoms with Crippen LogP contribution in [0, 0.1) is 0 Å². The van der Waals surface area contributed by atoms with Gasteiger partial charge in [-0.05, 0) is 62.7 Å². The molecule has 29 heavy (non-hydrogen) atoms. The molecule has 0 aliphatic heterocycles. The number of rotatable bonds is 6. The SMILES string of the molecule is CC(C)(C)OC(=O)NCC(=O)NCc1ccc(NC(=O)c2ccc(Br)cc2)cc1. The number of hydrogen-bond donors (Lipinski definition) is 3. The van der Waals surface area contributed by atoms with Gasteiger partial charge in [0.25, 0.3) is 5.91 Å². The number of alkyl carbamates (subject to hydrolysis) is 1. The summed E-state index contributed by atoms with van der Waals surface area (Å²) in [5.74, 6) is -0.532. The van der Waals surface area contributed by atoms with E-state index in [4.69, 9.17) is 4.74 Å². The number of carbonyl (C=O) groups is 3. The average molecular weight is 462 g/mol. The van der Waals surface area contributed by atoms with E-state index in [1.807, 2.05) is 0 Å². The number of hydrogen-bond acceptors (Lipinski definition) is 4. The molecule has 0 saturated heterocycles. The molecule has 0 spiro atoms. The summed E-state index contributed by atoms with van der Waals surface area (Å²) in [6.07, 6.45) is -0.640. The van der Waals surface area contributed by atoms with Gasteiger partial charge in [-0.3, -0.25) is 9.59 Å². The van der Waals surface area contributed by atoms with Crippen LogP contribution in [0.2, 0.25) is 0 Å². The van der Waals surface area contributed by atoms with E-state index < -0.39 is 11.7 Å². The van der Waals surface area contributed by atoms with Crippen LogP contribution in [0.4, 0.5) is 10.5 Å². The zero-order valence-corrected chi connectivity index (χ0v) is 18.1. The fraction of sp³-hybridized carbons (Fsp3) is 0.286. The van der Waals surface area contributed by atoms with Gasteiger partial charge < -0.3 is 20.7 Å². The lowest BCUT2D eigenvalue weighted by Crippen LogP contribution is -2.39. The van der Waals surface area contributed by atoms with E-state index in [2.05, 4.69) is 31.9 Å². The van der Waals surface area contributed by atoms with Gasteiger partial charge in [-0.25, -0.2) is 4.79 Å². The molecule has 0 radical (unpaired) electrons. The third-order valence-corrected chi connectivity index (χ3v) is 4.13. The van der Waals surface area contributed by atoms with E-state index in [-0.39, 0.29) is 18.4 Å². The molecule has 8 heteroatoms. The molecular weight excluding hydrogens is 438 g/mol. The Kier molecular flexibility index (Phi) is 7.78. The lowest BCUT2D eigenvalue weighted by Gasteiger charge is -2.19. The zero-order valence-electron chi connectivity index (χ0n) is 16.5. The van der Waals surface area contributed by atoms with Crippen LogP contribution >= 0.6 is 15.9 Å². The van der Waals surface area contributed by atoms with E-state index >= 15 is 0 Å². The molecule has 0 bridgehead atoms. The Labute approximate surface area is 178 Å². The Bertz CT molecular complexity index is 859. The quantitative estimate of drug-likeness (QED) is 0.608. The van der Waals surface area contributed by atoms with Gasteiger partial charge in [0.05, 0.1) is 0 Å². The van der Waals surface area contributed by atoms with Gasteiger partial charge in [0.1, 0.15) is 12.1 Å². The molecule has 0 atom stereocenters. The van der Waals surface area contributed by atoms with Crippen molar-refractivity contribution in [3.63, 3.8) is 0 Å². The zero-order chi connectivity index (χ0) is 21.4. The van der Waals surface area contributed by atoms with Crippen LogP contribution in [0.15, 0.2) is 53.0 Å². The monoisotopic (exact) mass is 461 g/mol. The summed E-state index contributed by atoms with van der Waals surface area (Å²) in [5, 5.41) is 7.93. The minimum Gasteiger partial charge on any atom is -0.444 e. The first-order valence-electron chi connectivity index (χ1n) is 9.02. The lowest BCUT2D eigenvalue weighted by molar-refractivity contribution is -0.120. The molecule has 0 unspecified atom stereocenters. The molecule has 0 saturated carbocycles. The molecule has 0 fully saturated rings. The Morgan fingerprint density at radius 3 is 2.14 bits per heavy atom. The maximum atomic E-state index is 12.2. The molecule has 2 rings (SSSR count). The number of anilines is 1. The van der Waals surface area contributed by atoms with E-state index in [0.29, 0.717) is 17.8 Å². The second-order valence-corrected chi connectivity index (χ2v) is 8.21. The van der Waals surface area contributed by atoms with Crippen molar-refractivity contribution in [2.75, 3.05) is 11.9 Å². The molecule has 7 nitrogen and oxygen atoms in total. The van der Waals surface area contributed by atoms with Crippen molar-refractivity contribution in [3.8, 4) is 0 Å². The van der Waals surface area contributed by atoms with Gasteiger partial charge in [-0.2, -0.15) is 0 Å². The predicted molar refractivity (Wildman–Crippen MR) is 115 cm³/mol. The molecule has 0 aliphatic rings. The number of benzene rings is 2. The minimum atomic E-state index is -0.640. The fourth-order valence-corrected chi connectivity index (χ4v) is 2.50. The van der Waals surface area contributed by atoms with Crippen LogP contribution in [0.5, 0.6) is 0 Å². The third kappa shape index (κ3) is 8.35. The van der Waals surface area contributed by atoms with Crippen LogP contribution in [0.1, 0.15) is 36.7 Å². The summed E-state index contributed by atoms with van der Waals surface area (Å²) >= 11 is 3.33. The van der Waals surface area contributed by atoms with E-state index in [1.165, 1.54) is 0 Å². The van der Waals surface area contributed by atoms with Crippen LogP contribution in [-0.2, 0) is 16.1 Å². The van der Waals surface area contributed by atoms with Crippen molar-refractivity contribution in [3.05, 3.63) is 64.1 Å². The summed E-state index contributed by atoms with van der Waals surface area (Å²) in [6, 6.07) is 14.2. The molecular formula is C21H24BrN3O4. The van der Waals surface area contributed by atoms with Crippen molar-refractivity contribution in [2.24, 2.45) is 0 Å². The Hall–Kier alpha value is -2.87. The second-order valence-electron chi connectivity index (χ2n) is 7.29. The third-order valence-electron chi connectivity index (χ3n) is 3.60. The number of amides is 3. The van der Waals surface area contributed by atoms with E-state index in [9.17, 15) is 14.4 Å². The Balaban J connectivity index is 1.77. The van der Waals surface area contributed by atoms with Crippen molar-refractivity contribution < 1.29 is 19.1 Å². The van der Waals surface area contributed by atoms with Gasteiger partial charge in [0, 0.05) is 22.3 Å². The first-order valence-corrected chi connectivity index (χ1v) is 9.81. The highest BCUT2D eigenvalue weighted by molar-refractivity contribution is 9.10. The standard InChI is InChI=1S/C21H24BrN3O4/c1-21(2,3)29-20(28)24-13-18(26)23-12-14-4-10-17(11-5-14)25-19(27)15-6-8-16(22)9-7-15/h4-11H,12-13H2,1-3H3,(H,23,26)(H,24,28)(H,25,27). The number of halogens is 1. The normalized spacial score (nSPS) is 10.8. The van der Waals surface area contributed by atoms with Crippen LogP contribution in [0.3, 0.4) is 0 Å². The first-order chi connectivity index (χ1) is 13.6. The van der Waals surface area contributed by atoms with Crippen LogP contribution in [0.25, 0.3) is 0 Å². The summed E-state index contributed by atoms with van der Waals surface area (Å²) in [5.41, 5.74) is 1.45. The van der Waals surface area contributed by atoms with E-state index in [0.717, 1.165) is 10.0 Å². The molecule has 0 heterocycles. The van der Waals surface area contributed by atoms with Gasteiger partial charge in [0.2, 0.25) is 5.91 Å². The first kappa shape index (κ1) is 22.4. The Morgan fingerprint density at radius 1 is 0.931 bits per heavy atom. The fourth-order valence-electron chi connectivity index (χ4n) is 2.24. The molecule has 2 aromatic carbocycles. The molecule has 3 amide bonds. The van der Waals surface area contributed by atoms with Crippen LogP contribution in [-0.4, -0.2) is 30.1 Å². The smallest absolute Gasteiger partial charge is 0.408 e. The lowest BCUT2D eigenvalue weighted by atomic mass is 10.2. The highest BCUT2D eigenvalue weighted by Gasteiger charge is 2.16. The molecule has 154 valence electrons. The molecule has 0 aliphatic carbocycles. The maximum absolute atomic E-state index is 12.2. The predicted octanol–water partition coefficient (Wildman–Crippen LogP) is 3.84.